The van der Waals surface area contributed by atoms with Gasteiger partial charge in [0.25, 0.3) is 0 Å². The van der Waals surface area contributed by atoms with Crippen LogP contribution in [0.15, 0.2) is 247 Å². The topological polar surface area (TPSA) is 21.3 Å². The molecule has 0 saturated heterocycles. The van der Waals surface area contributed by atoms with E-state index in [0.29, 0.717) is 0 Å². The first kappa shape index (κ1) is 46.1. The minimum absolute atomic E-state index is 0.901. The van der Waals surface area contributed by atoms with E-state index in [0.717, 1.165) is 66.9 Å². The van der Waals surface area contributed by atoms with Gasteiger partial charge in [0.15, 0.2) is 0 Å². The third-order valence-electron chi connectivity index (χ3n) is 13.3. The molecule has 12 rings (SSSR count). The molecule has 0 bridgehead atoms. The lowest BCUT2D eigenvalue weighted by Gasteiger charge is -2.26. The normalized spacial score (nSPS) is 11.3. The lowest BCUT2D eigenvalue weighted by molar-refractivity contribution is 0.670. The van der Waals surface area contributed by atoms with E-state index < -0.39 is 0 Å². The molecule has 3 heteroatoms. The summed E-state index contributed by atoms with van der Waals surface area (Å²) < 4.78 is 8.84. The summed E-state index contributed by atoms with van der Waals surface area (Å²) in [6, 6.07) is 85.3. The van der Waals surface area contributed by atoms with E-state index in [2.05, 4.69) is 254 Å². The van der Waals surface area contributed by atoms with Crippen LogP contribution >= 0.6 is 0 Å². The third-order valence-corrected chi connectivity index (χ3v) is 13.3. The van der Waals surface area contributed by atoms with Gasteiger partial charge in [0, 0.05) is 49.9 Å². The molecule has 0 saturated carbocycles. The van der Waals surface area contributed by atoms with Crippen LogP contribution in [-0.2, 0) is 0 Å². The molecule has 0 radical (unpaired) electrons. The van der Waals surface area contributed by atoms with Gasteiger partial charge in [-0.05, 0) is 137 Å². The van der Waals surface area contributed by atoms with Crippen molar-refractivity contribution in [3.8, 4) is 39.1 Å². The first-order valence-corrected chi connectivity index (χ1v) is 25.0. The van der Waals surface area contributed by atoms with Crippen LogP contribution in [0, 0.1) is 6.92 Å². The highest BCUT2D eigenvalue weighted by Crippen LogP contribution is 2.41. The molecule has 71 heavy (non-hydrogen) atoms. The lowest BCUT2D eigenvalue weighted by Crippen LogP contribution is -2.09. The molecule has 10 aromatic carbocycles. The highest BCUT2D eigenvalue weighted by molar-refractivity contribution is 6.10. The fourth-order valence-electron chi connectivity index (χ4n) is 10.1. The average molecular weight is 919 g/mol. The first-order chi connectivity index (χ1) is 35.1. The van der Waals surface area contributed by atoms with E-state index in [1.165, 1.54) is 55.2 Å². The first-order valence-electron chi connectivity index (χ1n) is 25.0. The molecule has 0 spiro atoms. The quantitative estimate of drug-likeness (QED) is 0.144. The van der Waals surface area contributed by atoms with Crippen molar-refractivity contribution in [2.24, 2.45) is 0 Å². The number of anilines is 3. The fraction of sp³-hybridized carbons (Fsp3) is 0.0882. The Labute approximate surface area is 418 Å². The Bertz CT molecular complexity index is 3760. The Morgan fingerprint density at radius 3 is 1.52 bits per heavy atom. The minimum Gasteiger partial charge on any atom is -0.455 e. The Morgan fingerprint density at radius 1 is 0.423 bits per heavy atom. The molecule has 0 unspecified atom stereocenters. The van der Waals surface area contributed by atoms with Gasteiger partial charge in [0.2, 0.25) is 0 Å². The summed E-state index contributed by atoms with van der Waals surface area (Å²) >= 11 is 0. The maximum absolute atomic E-state index is 6.46. The average Bonchev–Trinajstić information content (AvgIpc) is 4.00. The van der Waals surface area contributed by atoms with Crippen LogP contribution in [0.5, 0.6) is 0 Å². The summed E-state index contributed by atoms with van der Waals surface area (Å²) in [5.74, 6) is 0. The second kappa shape index (κ2) is 20.5. The molecule has 0 aliphatic heterocycles. The van der Waals surface area contributed by atoms with E-state index in [1.54, 1.807) is 0 Å². The van der Waals surface area contributed by atoms with E-state index in [4.69, 9.17) is 4.42 Å². The second-order valence-corrected chi connectivity index (χ2v) is 17.3. The van der Waals surface area contributed by atoms with Crippen LogP contribution in [0.1, 0.15) is 51.3 Å². The molecule has 0 fully saturated rings. The number of aromatic nitrogens is 1. The maximum Gasteiger partial charge on any atom is 0.143 e. The molecule has 2 aromatic heterocycles. The summed E-state index contributed by atoms with van der Waals surface area (Å²) in [4.78, 5) is 2.35. The molecule has 346 valence electrons. The Kier molecular flexibility index (Phi) is 13.3. The predicted octanol–water partition coefficient (Wildman–Crippen LogP) is 20.0. The van der Waals surface area contributed by atoms with Crippen molar-refractivity contribution < 1.29 is 4.42 Å². The highest BCUT2D eigenvalue weighted by Gasteiger charge is 2.18. The number of benzene rings is 10. The summed E-state index contributed by atoms with van der Waals surface area (Å²) in [6.07, 6.45) is 2.22. The van der Waals surface area contributed by atoms with Crippen molar-refractivity contribution >= 4 is 66.4 Å². The fourth-order valence-corrected chi connectivity index (χ4v) is 10.1. The number of nitrogens with zero attached hydrogens (tertiary/aromatic N) is 2. The molecule has 0 aliphatic carbocycles. The van der Waals surface area contributed by atoms with Gasteiger partial charge >= 0.3 is 0 Å². The van der Waals surface area contributed by atoms with Gasteiger partial charge in [-0.25, -0.2) is 0 Å². The Morgan fingerprint density at radius 2 is 0.915 bits per heavy atom. The second-order valence-electron chi connectivity index (χ2n) is 17.3. The van der Waals surface area contributed by atoms with Crippen molar-refractivity contribution in [3.63, 3.8) is 0 Å². The molecule has 0 aliphatic rings. The van der Waals surface area contributed by atoms with Gasteiger partial charge in [0.05, 0.1) is 11.0 Å². The summed E-state index contributed by atoms with van der Waals surface area (Å²) in [7, 11) is 0. The maximum atomic E-state index is 6.46. The number of allylic oxidation sites excluding steroid dienone is 1. The molecule has 0 amide bonds. The largest absolute Gasteiger partial charge is 0.455 e. The molecule has 2 heterocycles. The van der Waals surface area contributed by atoms with Crippen LogP contribution in [0.4, 0.5) is 17.1 Å². The van der Waals surface area contributed by atoms with E-state index in [1.807, 2.05) is 39.8 Å². The molecule has 12 aromatic rings. The van der Waals surface area contributed by atoms with Gasteiger partial charge in [-0.3, -0.25) is 0 Å². The standard InChI is InChI=1S/C64H46N2O.2C2H6/c1-3-54(55-20-5-4-15-43(55)2)49-18-12-16-47(41-49)44-29-35-50(36-30-44)65(52-39-33-46(34-40-52)56-24-14-25-60-59-23-8-11-28-63(59)67-64(56)60)51-37-31-45(32-38-51)48-17-13-19-53(42-48)66-61-26-9-6-21-57(61)58-22-7-10-27-62(58)66;2*1-2/h3-42H,1-2H3;2*1-2H3/b54-3-;;. The molecule has 0 atom stereocenters. The molecule has 0 N–H and O–H groups in total. The van der Waals surface area contributed by atoms with Crippen LogP contribution in [0.2, 0.25) is 0 Å². The monoisotopic (exact) mass is 918 g/mol. The lowest BCUT2D eigenvalue weighted by atomic mass is 9.92. The van der Waals surface area contributed by atoms with Crippen molar-refractivity contribution in [2.75, 3.05) is 4.90 Å². The summed E-state index contributed by atoms with van der Waals surface area (Å²) in [6.45, 7) is 12.3. The highest BCUT2D eigenvalue weighted by atomic mass is 16.3. The van der Waals surface area contributed by atoms with Gasteiger partial charge < -0.3 is 13.9 Å². The Balaban J connectivity index is 0.00000142. The predicted molar refractivity (Wildman–Crippen MR) is 306 cm³/mol. The van der Waals surface area contributed by atoms with Crippen LogP contribution < -0.4 is 4.90 Å². The van der Waals surface area contributed by atoms with Crippen molar-refractivity contribution in [3.05, 3.63) is 259 Å². The summed E-state index contributed by atoms with van der Waals surface area (Å²) in [5, 5.41) is 4.78. The van der Waals surface area contributed by atoms with Crippen LogP contribution in [-0.4, -0.2) is 4.57 Å². The molecular formula is C68H58N2O. The number of fused-ring (bicyclic) bond motifs is 6. The van der Waals surface area contributed by atoms with Crippen molar-refractivity contribution in [1.82, 2.24) is 4.57 Å². The number of hydrogen-bond acceptors (Lipinski definition) is 2. The van der Waals surface area contributed by atoms with Crippen LogP contribution in [0.25, 0.3) is 88.4 Å². The van der Waals surface area contributed by atoms with Gasteiger partial charge in [-0.1, -0.05) is 198 Å². The zero-order chi connectivity index (χ0) is 48.8. The summed E-state index contributed by atoms with van der Waals surface area (Å²) in [5.41, 5.74) is 20.4. The number of para-hydroxylation sites is 4. The number of furan rings is 1. The minimum atomic E-state index is 0.901. The Hall–Kier alpha value is -8.66. The number of aryl methyl sites for hydroxylation is 1. The zero-order valence-corrected chi connectivity index (χ0v) is 41.4. The van der Waals surface area contributed by atoms with Crippen molar-refractivity contribution in [2.45, 2.75) is 41.5 Å². The van der Waals surface area contributed by atoms with Gasteiger partial charge in [-0.2, -0.15) is 0 Å². The van der Waals surface area contributed by atoms with E-state index in [9.17, 15) is 0 Å². The van der Waals surface area contributed by atoms with Crippen molar-refractivity contribution in [1.29, 1.82) is 0 Å². The molecular weight excluding hydrogens is 861 g/mol. The zero-order valence-electron chi connectivity index (χ0n) is 41.4. The molecule has 3 nitrogen and oxygen atoms in total. The van der Waals surface area contributed by atoms with Gasteiger partial charge in [0.1, 0.15) is 11.2 Å². The SMILES string of the molecule is C/C=C(/c1cccc(-c2ccc(N(c3ccc(-c4cccc(-n5c6ccccc6c6ccccc65)c4)cc3)c3ccc(-c4cccc5c4oc4ccccc45)cc3)cc2)c1)c1ccccc1C.CC.CC. The third kappa shape index (κ3) is 8.72. The van der Waals surface area contributed by atoms with E-state index >= 15 is 0 Å². The number of hydrogen-bond donors (Lipinski definition) is 0. The number of rotatable bonds is 9. The smallest absolute Gasteiger partial charge is 0.143 e. The van der Waals surface area contributed by atoms with E-state index in [-0.39, 0.29) is 0 Å². The van der Waals surface area contributed by atoms with Crippen LogP contribution in [0.3, 0.4) is 0 Å². The van der Waals surface area contributed by atoms with Gasteiger partial charge in [-0.15, -0.1) is 0 Å².